The summed E-state index contributed by atoms with van der Waals surface area (Å²) in [6.07, 6.45) is 1.82. The van der Waals surface area contributed by atoms with Gasteiger partial charge in [0.15, 0.2) is 5.69 Å². The molecule has 0 radical (unpaired) electrons. The number of carbonyl (C=O) groups excluding carboxylic acids is 1. The third kappa shape index (κ3) is 2.72. The average Bonchev–Trinajstić information content (AvgIpc) is 3.29. The monoisotopic (exact) mass is 358 g/mol. The standard InChI is InChI=1S/C15H14N6OS2/c1-8-3-4-13(24-8)10-5-11(20-19-10)14(22)17-9(2)12-6-21-15(18-12)23-7-16-21/h3-7,9H,1-2H3,(H,17,22)(H,19,20)/t9-/m1/s1. The molecule has 1 atom stereocenters. The highest BCUT2D eigenvalue weighted by Gasteiger charge is 2.18. The van der Waals surface area contributed by atoms with Crippen LogP contribution in [-0.2, 0) is 0 Å². The Bertz CT molecular complexity index is 982. The molecule has 9 heteroatoms. The first kappa shape index (κ1) is 15.0. The summed E-state index contributed by atoms with van der Waals surface area (Å²) >= 11 is 3.11. The Morgan fingerprint density at radius 1 is 1.42 bits per heavy atom. The second-order valence-electron chi connectivity index (χ2n) is 5.40. The molecule has 122 valence electrons. The Hall–Kier alpha value is -2.52. The van der Waals surface area contributed by atoms with Crippen LogP contribution < -0.4 is 5.32 Å². The van der Waals surface area contributed by atoms with Crippen molar-refractivity contribution in [2.75, 3.05) is 0 Å². The molecule has 0 unspecified atom stereocenters. The maximum absolute atomic E-state index is 12.4. The van der Waals surface area contributed by atoms with Crippen molar-refractivity contribution in [3.63, 3.8) is 0 Å². The SMILES string of the molecule is Cc1ccc(-c2cc(C(=O)N[C@H](C)c3cn4ncsc4n3)n[nH]2)s1. The van der Waals surface area contributed by atoms with Crippen LogP contribution in [0.4, 0.5) is 0 Å². The van der Waals surface area contributed by atoms with E-state index < -0.39 is 0 Å². The number of rotatable bonds is 4. The Morgan fingerprint density at radius 3 is 3.04 bits per heavy atom. The number of aromatic nitrogens is 5. The highest BCUT2D eigenvalue weighted by Crippen LogP contribution is 2.26. The van der Waals surface area contributed by atoms with Gasteiger partial charge in [0.05, 0.1) is 28.5 Å². The molecule has 4 aromatic heterocycles. The first-order valence-electron chi connectivity index (χ1n) is 7.32. The van der Waals surface area contributed by atoms with Gasteiger partial charge in [0, 0.05) is 4.88 Å². The zero-order chi connectivity index (χ0) is 16.7. The quantitative estimate of drug-likeness (QED) is 0.587. The highest BCUT2D eigenvalue weighted by molar-refractivity contribution is 7.15. The van der Waals surface area contributed by atoms with Crippen LogP contribution in [0.5, 0.6) is 0 Å². The molecule has 4 aromatic rings. The van der Waals surface area contributed by atoms with Gasteiger partial charge in [0.25, 0.3) is 5.91 Å². The number of fused-ring (bicyclic) bond motifs is 1. The van der Waals surface area contributed by atoms with Crippen molar-refractivity contribution in [1.82, 2.24) is 30.1 Å². The zero-order valence-corrected chi connectivity index (χ0v) is 14.6. The first-order valence-corrected chi connectivity index (χ1v) is 9.01. The van der Waals surface area contributed by atoms with Crippen molar-refractivity contribution in [2.45, 2.75) is 19.9 Å². The molecular formula is C15H14N6OS2. The van der Waals surface area contributed by atoms with Crippen LogP contribution in [0.25, 0.3) is 15.5 Å². The predicted octanol–water partition coefficient (Wildman–Crippen LogP) is 3.04. The molecule has 24 heavy (non-hydrogen) atoms. The van der Waals surface area contributed by atoms with Gasteiger partial charge in [-0.2, -0.15) is 10.2 Å². The Balaban J connectivity index is 1.49. The first-order chi connectivity index (χ1) is 11.6. The topological polar surface area (TPSA) is 88.0 Å². The molecular weight excluding hydrogens is 344 g/mol. The normalized spacial score (nSPS) is 12.6. The largest absolute Gasteiger partial charge is 0.342 e. The van der Waals surface area contributed by atoms with Crippen LogP contribution in [0.1, 0.15) is 34.0 Å². The van der Waals surface area contributed by atoms with E-state index in [1.54, 1.807) is 27.4 Å². The van der Waals surface area contributed by atoms with Crippen molar-refractivity contribution < 1.29 is 4.79 Å². The number of H-pyrrole nitrogens is 1. The van der Waals surface area contributed by atoms with Gasteiger partial charge in [-0.25, -0.2) is 9.50 Å². The Labute approximate surface area is 145 Å². The van der Waals surface area contributed by atoms with E-state index in [0.29, 0.717) is 5.69 Å². The molecule has 0 spiro atoms. The van der Waals surface area contributed by atoms with Crippen LogP contribution in [0.3, 0.4) is 0 Å². The van der Waals surface area contributed by atoms with Gasteiger partial charge in [-0.05, 0) is 32.0 Å². The van der Waals surface area contributed by atoms with E-state index in [1.165, 1.54) is 16.2 Å². The highest BCUT2D eigenvalue weighted by atomic mass is 32.1. The van der Waals surface area contributed by atoms with E-state index in [4.69, 9.17) is 0 Å². The van der Waals surface area contributed by atoms with E-state index in [9.17, 15) is 4.79 Å². The van der Waals surface area contributed by atoms with Gasteiger partial charge in [-0.15, -0.1) is 11.3 Å². The van der Waals surface area contributed by atoms with Gasteiger partial charge in [0.1, 0.15) is 5.51 Å². The van der Waals surface area contributed by atoms with E-state index in [0.717, 1.165) is 21.2 Å². The average molecular weight is 358 g/mol. The number of nitrogens with zero attached hydrogens (tertiary/aromatic N) is 4. The van der Waals surface area contributed by atoms with Gasteiger partial charge in [-0.1, -0.05) is 11.3 Å². The van der Waals surface area contributed by atoms with Crippen molar-refractivity contribution in [1.29, 1.82) is 0 Å². The number of aromatic amines is 1. The summed E-state index contributed by atoms with van der Waals surface area (Å²) in [6.45, 7) is 3.94. The van der Waals surface area contributed by atoms with Crippen molar-refractivity contribution in [3.8, 4) is 10.6 Å². The molecule has 0 aliphatic carbocycles. The molecule has 1 amide bonds. The smallest absolute Gasteiger partial charge is 0.272 e. The summed E-state index contributed by atoms with van der Waals surface area (Å²) in [5.41, 5.74) is 3.71. The molecule has 7 nitrogen and oxygen atoms in total. The van der Waals surface area contributed by atoms with Crippen molar-refractivity contribution >= 4 is 33.5 Å². The lowest BCUT2D eigenvalue weighted by atomic mass is 10.2. The Morgan fingerprint density at radius 2 is 2.29 bits per heavy atom. The summed E-state index contributed by atoms with van der Waals surface area (Å²) in [7, 11) is 0. The van der Waals surface area contributed by atoms with Gasteiger partial charge in [-0.3, -0.25) is 9.89 Å². The van der Waals surface area contributed by atoms with E-state index in [-0.39, 0.29) is 11.9 Å². The molecule has 0 aromatic carbocycles. The van der Waals surface area contributed by atoms with E-state index in [2.05, 4.69) is 25.6 Å². The van der Waals surface area contributed by atoms with Crippen molar-refractivity contribution in [2.24, 2.45) is 0 Å². The minimum atomic E-state index is -0.234. The van der Waals surface area contributed by atoms with Gasteiger partial charge < -0.3 is 5.32 Å². The van der Waals surface area contributed by atoms with Crippen LogP contribution in [0, 0.1) is 6.92 Å². The predicted molar refractivity (Wildman–Crippen MR) is 93.4 cm³/mol. The lowest BCUT2D eigenvalue weighted by Crippen LogP contribution is -2.27. The third-order valence-electron chi connectivity index (χ3n) is 3.61. The minimum Gasteiger partial charge on any atom is -0.342 e. The lowest BCUT2D eigenvalue weighted by molar-refractivity contribution is 0.0934. The summed E-state index contributed by atoms with van der Waals surface area (Å²) in [5, 5.41) is 14.1. The maximum atomic E-state index is 12.4. The third-order valence-corrected chi connectivity index (χ3v) is 5.34. The maximum Gasteiger partial charge on any atom is 0.272 e. The van der Waals surface area contributed by atoms with Crippen LogP contribution in [0.2, 0.25) is 0 Å². The molecule has 0 fully saturated rings. The second kappa shape index (κ2) is 5.84. The van der Waals surface area contributed by atoms with Crippen LogP contribution in [-0.4, -0.2) is 30.7 Å². The zero-order valence-electron chi connectivity index (χ0n) is 13.0. The minimum absolute atomic E-state index is 0.226. The van der Waals surface area contributed by atoms with Gasteiger partial charge >= 0.3 is 0 Å². The molecule has 0 saturated heterocycles. The number of imidazole rings is 1. The summed E-state index contributed by atoms with van der Waals surface area (Å²) in [4.78, 5) is 19.9. The molecule has 4 heterocycles. The molecule has 2 N–H and O–H groups in total. The number of aryl methyl sites for hydroxylation is 1. The van der Waals surface area contributed by atoms with Crippen LogP contribution in [0.15, 0.2) is 29.9 Å². The fourth-order valence-electron chi connectivity index (χ4n) is 2.35. The number of thiophene rings is 1. The molecule has 0 aliphatic rings. The number of hydrogen-bond donors (Lipinski definition) is 2. The fourth-order valence-corrected chi connectivity index (χ4v) is 3.79. The molecule has 0 saturated carbocycles. The lowest BCUT2D eigenvalue weighted by Gasteiger charge is -2.09. The fraction of sp³-hybridized carbons (Fsp3) is 0.200. The summed E-state index contributed by atoms with van der Waals surface area (Å²) in [5.74, 6) is -0.234. The number of amides is 1. The second-order valence-corrected chi connectivity index (χ2v) is 7.50. The molecule has 0 aliphatic heterocycles. The van der Waals surface area contributed by atoms with E-state index >= 15 is 0 Å². The van der Waals surface area contributed by atoms with Crippen molar-refractivity contribution in [3.05, 3.63) is 46.2 Å². The summed E-state index contributed by atoms with van der Waals surface area (Å²) in [6, 6.07) is 5.60. The Kier molecular flexibility index (Phi) is 3.66. The summed E-state index contributed by atoms with van der Waals surface area (Å²) < 4.78 is 1.70. The number of hydrogen-bond acceptors (Lipinski definition) is 6. The molecule has 0 bridgehead atoms. The molecule has 4 rings (SSSR count). The van der Waals surface area contributed by atoms with Gasteiger partial charge in [0.2, 0.25) is 4.96 Å². The van der Waals surface area contributed by atoms with E-state index in [1.807, 2.05) is 32.2 Å². The number of nitrogens with one attached hydrogen (secondary N) is 2. The number of carbonyl (C=O) groups is 1. The van der Waals surface area contributed by atoms with Crippen LogP contribution >= 0.6 is 22.7 Å².